The van der Waals surface area contributed by atoms with Crippen molar-refractivity contribution in [1.82, 2.24) is 10.3 Å². The first-order chi connectivity index (χ1) is 11.5. The average Bonchev–Trinajstić information content (AvgIpc) is 2.59. The second-order valence-corrected chi connectivity index (χ2v) is 5.09. The normalized spacial score (nSPS) is 10.8. The number of hydrogen-bond donors (Lipinski definition) is 1. The van der Waals surface area contributed by atoms with Gasteiger partial charge in [0.2, 0.25) is 5.91 Å². The molecule has 2 aromatic rings. The van der Waals surface area contributed by atoms with Crippen LogP contribution < -0.4 is 10.2 Å². The maximum atomic E-state index is 12.0. The first-order valence-electron chi connectivity index (χ1n) is 7.35. The van der Waals surface area contributed by atoms with Crippen molar-refractivity contribution in [2.75, 3.05) is 0 Å². The van der Waals surface area contributed by atoms with E-state index in [1.807, 2.05) is 19.1 Å². The van der Waals surface area contributed by atoms with Gasteiger partial charge in [0.05, 0.1) is 0 Å². The van der Waals surface area contributed by atoms with Crippen LogP contribution in [0.4, 0.5) is 0 Å². The first-order valence-corrected chi connectivity index (χ1v) is 7.35. The molecule has 0 atom stereocenters. The molecule has 0 bridgehead atoms. The van der Waals surface area contributed by atoms with Gasteiger partial charge < -0.3 is 5.32 Å². The van der Waals surface area contributed by atoms with E-state index >= 15 is 0 Å². The van der Waals surface area contributed by atoms with Gasteiger partial charge in [-0.15, -0.1) is 0 Å². The zero-order valence-corrected chi connectivity index (χ0v) is 13.5. The molecule has 0 unspecified atom stereocenters. The van der Waals surface area contributed by atoms with Crippen molar-refractivity contribution in [3.63, 3.8) is 0 Å². The summed E-state index contributed by atoms with van der Waals surface area (Å²) in [6.07, 6.45) is 4.92. The average molecular weight is 326 g/mol. The van der Waals surface area contributed by atoms with E-state index in [0.717, 1.165) is 16.7 Å². The van der Waals surface area contributed by atoms with Gasteiger partial charge >= 0.3 is 5.97 Å². The number of nitrogens with one attached hydrogen (secondary N) is 1. The van der Waals surface area contributed by atoms with Gasteiger partial charge in [-0.3, -0.25) is 19.6 Å². The standard InChI is InChI=1S/C18H18N2O4/c1-13(10-18(22)20-12-15-4-3-9-19-11-15)16-5-7-17(8-6-16)24-23-14(2)21/h3-11H,12H2,1-2H3,(H,20,22)/b13-10+. The van der Waals surface area contributed by atoms with Crippen molar-refractivity contribution in [2.45, 2.75) is 20.4 Å². The van der Waals surface area contributed by atoms with E-state index in [4.69, 9.17) is 4.89 Å². The lowest BCUT2D eigenvalue weighted by atomic mass is 10.1. The van der Waals surface area contributed by atoms with Crippen molar-refractivity contribution >= 4 is 17.4 Å². The molecule has 0 saturated carbocycles. The number of amides is 1. The van der Waals surface area contributed by atoms with Crippen LogP contribution in [0.25, 0.3) is 5.57 Å². The third-order valence-electron chi connectivity index (χ3n) is 3.10. The smallest absolute Gasteiger partial charge is 0.348 e. The third-order valence-corrected chi connectivity index (χ3v) is 3.10. The van der Waals surface area contributed by atoms with Crippen molar-refractivity contribution in [2.24, 2.45) is 0 Å². The van der Waals surface area contributed by atoms with Gasteiger partial charge in [-0.05, 0) is 41.8 Å². The van der Waals surface area contributed by atoms with Gasteiger partial charge in [-0.2, -0.15) is 0 Å². The van der Waals surface area contributed by atoms with Crippen LogP contribution in [0, 0.1) is 0 Å². The SMILES string of the molecule is CC(=O)OOc1ccc(/C(C)=C/C(=O)NCc2cccnc2)cc1. The van der Waals surface area contributed by atoms with E-state index in [9.17, 15) is 9.59 Å². The molecule has 0 aliphatic carbocycles. The van der Waals surface area contributed by atoms with Gasteiger partial charge in [0, 0.05) is 31.9 Å². The predicted molar refractivity (Wildman–Crippen MR) is 88.6 cm³/mol. The minimum Gasteiger partial charge on any atom is -0.348 e. The van der Waals surface area contributed by atoms with Gasteiger partial charge in [0.25, 0.3) is 0 Å². The van der Waals surface area contributed by atoms with Crippen molar-refractivity contribution < 1.29 is 19.4 Å². The second kappa shape index (κ2) is 8.47. The number of allylic oxidation sites excluding steroid dienone is 1. The summed E-state index contributed by atoms with van der Waals surface area (Å²) in [7, 11) is 0. The summed E-state index contributed by atoms with van der Waals surface area (Å²) in [4.78, 5) is 35.9. The second-order valence-electron chi connectivity index (χ2n) is 5.09. The molecule has 0 aliphatic rings. The molecule has 6 nitrogen and oxygen atoms in total. The number of rotatable bonds is 6. The topological polar surface area (TPSA) is 77.5 Å². The quantitative estimate of drug-likeness (QED) is 0.502. The molecule has 0 aliphatic heterocycles. The molecule has 1 N–H and O–H groups in total. The van der Waals surface area contributed by atoms with Crippen LogP contribution >= 0.6 is 0 Å². The largest absolute Gasteiger partial charge is 0.352 e. The first kappa shape index (κ1) is 17.2. The van der Waals surface area contributed by atoms with Crippen molar-refractivity contribution in [3.8, 4) is 5.75 Å². The Morgan fingerprint density at radius 1 is 1.17 bits per heavy atom. The summed E-state index contributed by atoms with van der Waals surface area (Å²) < 4.78 is 0. The lowest BCUT2D eigenvalue weighted by Gasteiger charge is -2.06. The molecule has 6 heteroatoms. The Morgan fingerprint density at radius 3 is 2.54 bits per heavy atom. The lowest BCUT2D eigenvalue weighted by Crippen LogP contribution is -2.20. The molecule has 1 aromatic carbocycles. The molecule has 0 radical (unpaired) electrons. The minimum absolute atomic E-state index is 0.184. The summed E-state index contributed by atoms with van der Waals surface area (Å²) in [6.45, 7) is 3.52. The van der Waals surface area contributed by atoms with E-state index in [1.165, 1.54) is 13.0 Å². The monoisotopic (exact) mass is 326 g/mol. The number of pyridine rings is 1. The molecule has 0 spiro atoms. The van der Waals surface area contributed by atoms with Crippen LogP contribution in [0.1, 0.15) is 25.0 Å². The van der Waals surface area contributed by atoms with E-state index in [0.29, 0.717) is 12.3 Å². The molecule has 1 heterocycles. The van der Waals surface area contributed by atoms with Crippen molar-refractivity contribution in [1.29, 1.82) is 0 Å². The highest BCUT2D eigenvalue weighted by atomic mass is 17.2. The maximum absolute atomic E-state index is 12.0. The fraction of sp³-hybridized carbons (Fsp3) is 0.167. The van der Waals surface area contributed by atoms with E-state index in [-0.39, 0.29) is 5.91 Å². The molecule has 1 aromatic heterocycles. The van der Waals surface area contributed by atoms with Crippen LogP contribution in [-0.2, 0) is 21.0 Å². The summed E-state index contributed by atoms with van der Waals surface area (Å²) in [5.41, 5.74) is 2.60. The Bertz CT molecular complexity index is 724. The molecule has 0 fully saturated rings. The Hall–Kier alpha value is -3.15. The third kappa shape index (κ3) is 5.57. The van der Waals surface area contributed by atoms with Crippen LogP contribution in [-0.4, -0.2) is 16.9 Å². The Kier molecular flexibility index (Phi) is 6.08. The molecule has 2 rings (SSSR count). The number of benzene rings is 1. The van der Waals surface area contributed by atoms with Crippen LogP contribution in [0.3, 0.4) is 0 Å². The van der Waals surface area contributed by atoms with Crippen LogP contribution in [0.15, 0.2) is 54.9 Å². The van der Waals surface area contributed by atoms with E-state index in [1.54, 1.807) is 36.7 Å². The Labute approximate surface area is 140 Å². The Balaban J connectivity index is 1.91. The molecule has 0 saturated heterocycles. The number of carbonyl (C=O) groups is 2. The minimum atomic E-state index is -0.527. The molecule has 1 amide bonds. The number of nitrogens with zero attached hydrogens (tertiary/aromatic N) is 1. The molecular weight excluding hydrogens is 308 g/mol. The summed E-state index contributed by atoms with van der Waals surface area (Å²) in [6, 6.07) is 10.6. The van der Waals surface area contributed by atoms with Crippen molar-refractivity contribution in [3.05, 3.63) is 66.0 Å². The van der Waals surface area contributed by atoms with Gasteiger partial charge in [-0.25, -0.2) is 4.79 Å². The molecular formula is C18H18N2O4. The highest BCUT2D eigenvalue weighted by Gasteiger charge is 2.03. The van der Waals surface area contributed by atoms with Crippen LogP contribution in [0.2, 0.25) is 0 Å². The fourth-order valence-electron chi connectivity index (χ4n) is 1.90. The van der Waals surface area contributed by atoms with E-state index in [2.05, 4.69) is 15.2 Å². The number of carbonyl (C=O) groups excluding carboxylic acids is 2. The predicted octanol–water partition coefficient (Wildman–Crippen LogP) is 2.66. The van der Waals surface area contributed by atoms with Gasteiger partial charge in [0.15, 0.2) is 5.75 Å². The number of aromatic nitrogens is 1. The summed E-state index contributed by atoms with van der Waals surface area (Å²) in [5, 5.41) is 2.81. The lowest BCUT2D eigenvalue weighted by molar-refractivity contribution is -0.210. The zero-order valence-electron chi connectivity index (χ0n) is 13.5. The molecule has 24 heavy (non-hydrogen) atoms. The van der Waals surface area contributed by atoms with Gasteiger partial charge in [-0.1, -0.05) is 18.2 Å². The van der Waals surface area contributed by atoms with E-state index < -0.39 is 5.97 Å². The fourth-order valence-corrected chi connectivity index (χ4v) is 1.90. The van der Waals surface area contributed by atoms with Crippen LogP contribution in [0.5, 0.6) is 5.75 Å². The number of hydrogen-bond acceptors (Lipinski definition) is 5. The summed E-state index contributed by atoms with van der Waals surface area (Å²) in [5.74, 6) is -0.306. The van der Waals surface area contributed by atoms with Gasteiger partial charge in [0.1, 0.15) is 0 Å². The summed E-state index contributed by atoms with van der Waals surface area (Å²) >= 11 is 0. The maximum Gasteiger partial charge on any atom is 0.352 e. The molecule has 124 valence electrons. The highest BCUT2D eigenvalue weighted by molar-refractivity contribution is 5.94. The Morgan fingerprint density at radius 2 is 1.92 bits per heavy atom. The zero-order chi connectivity index (χ0) is 17.4. The highest BCUT2D eigenvalue weighted by Crippen LogP contribution is 2.18.